The molecular weight excluding hydrogens is 304 g/mol. The van der Waals surface area contributed by atoms with Crippen LogP contribution in [0.4, 0.5) is 0 Å². The fourth-order valence-corrected chi connectivity index (χ4v) is 2.65. The minimum Gasteiger partial charge on any atom is -0.463 e. The number of furan rings is 1. The molecule has 0 saturated carbocycles. The first-order valence-corrected chi connectivity index (χ1v) is 7.41. The van der Waals surface area contributed by atoms with E-state index in [4.69, 9.17) is 4.42 Å². The molecule has 2 aromatic heterocycles. The summed E-state index contributed by atoms with van der Waals surface area (Å²) in [6.45, 7) is 2.86. The number of nitrogens with one attached hydrogen (secondary N) is 3. The summed E-state index contributed by atoms with van der Waals surface area (Å²) in [4.78, 5) is 12.0. The third-order valence-corrected chi connectivity index (χ3v) is 3.83. The van der Waals surface area contributed by atoms with Crippen LogP contribution in [0, 0.1) is 5.92 Å². The molecule has 1 unspecified atom stereocenters. The number of nitrogens with zero attached hydrogens (tertiary/aromatic N) is 1. The van der Waals surface area contributed by atoms with E-state index in [1.807, 2.05) is 6.07 Å². The van der Waals surface area contributed by atoms with Crippen molar-refractivity contribution in [2.75, 3.05) is 19.6 Å². The number of carbonyl (C=O) groups excluding carboxylic acids is 1. The molecule has 0 radical (unpaired) electrons. The minimum atomic E-state index is -0.146. The third-order valence-electron chi connectivity index (χ3n) is 3.83. The van der Waals surface area contributed by atoms with Gasteiger partial charge in [-0.25, -0.2) is 0 Å². The fraction of sp³-hybridized carbons (Fsp3) is 0.467. The molecule has 1 atom stereocenters. The summed E-state index contributed by atoms with van der Waals surface area (Å²) in [6.07, 6.45) is 5.07. The topological polar surface area (TPSA) is 83.0 Å². The summed E-state index contributed by atoms with van der Waals surface area (Å²) in [5.41, 5.74) is 1.10. The van der Waals surface area contributed by atoms with Crippen molar-refractivity contribution in [2.24, 2.45) is 5.92 Å². The Morgan fingerprint density at radius 3 is 3.14 bits per heavy atom. The first kappa shape index (κ1) is 16.6. The maximum atomic E-state index is 12.0. The van der Waals surface area contributed by atoms with Crippen LogP contribution in [-0.2, 0) is 0 Å². The number of carbonyl (C=O) groups is 1. The zero-order valence-corrected chi connectivity index (χ0v) is 13.1. The Kier molecular flexibility index (Phi) is 6.03. The van der Waals surface area contributed by atoms with Gasteiger partial charge in [-0.1, -0.05) is 0 Å². The number of hydrogen-bond acceptors (Lipinski definition) is 4. The largest absolute Gasteiger partial charge is 0.463 e. The van der Waals surface area contributed by atoms with Crippen molar-refractivity contribution < 1.29 is 9.21 Å². The highest BCUT2D eigenvalue weighted by atomic mass is 35.5. The second-order valence-electron chi connectivity index (χ2n) is 5.40. The molecule has 6 nitrogen and oxygen atoms in total. The lowest BCUT2D eigenvalue weighted by Crippen LogP contribution is -2.33. The van der Waals surface area contributed by atoms with E-state index in [-0.39, 0.29) is 18.3 Å². The summed E-state index contributed by atoms with van der Waals surface area (Å²) in [6, 6.07) is 5.33. The summed E-state index contributed by atoms with van der Waals surface area (Å²) in [5.74, 6) is 1.19. The van der Waals surface area contributed by atoms with Crippen molar-refractivity contribution in [2.45, 2.75) is 19.3 Å². The highest BCUT2D eigenvalue weighted by Gasteiger charge is 2.15. The summed E-state index contributed by atoms with van der Waals surface area (Å²) < 4.78 is 5.26. The molecule has 2 aromatic rings. The van der Waals surface area contributed by atoms with Crippen molar-refractivity contribution in [3.63, 3.8) is 0 Å². The van der Waals surface area contributed by atoms with E-state index < -0.39 is 0 Å². The Hall–Kier alpha value is -1.79. The van der Waals surface area contributed by atoms with Crippen molar-refractivity contribution in [1.82, 2.24) is 20.8 Å². The van der Waals surface area contributed by atoms with Gasteiger partial charge in [0.25, 0.3) is 5.91 Å². The number of rotatable bonds is 5. The Morgan fingerprint density at radius 1 is 1.50 bits per heavy atom. The molecule has 0 spiro atoms. The van der Waals surface area contributed by atoms with Crippen LogP contribution >= 0.6 is 12.4 Å². The first-order valence-electron chi connectivity index (χ1n) is 7.41. The van der Waals surface area contributed by atoms with E-state index in [0.717, 1.165) is 19.5 Å². The fourth-order valence-electron chi connectivity index (χ4n) is 2.65. The van der Waals surface area contributed by atoms with Gasteiger partial charge in [0.2, 0.25) is 0 Å². The summed E-state index contributed by atoms with van der Waals surface area (Å²) >= 11 is 0. The molecule has 3 rings (SSSR count). The van der Waals surface area contributed by atoms with Gasteiger partial charge in [0.05, 0.1) is 6.26 Å². The average molecular weight is 325 g/mol. The van der Waals surface area contributed by atoms with Crippen LogP contribution in [0.25, 0.3) is 11.5 Å². The van der Waals surface area contributed by atoms with Crippen molar-refractivity contribution in [3.05, 3.63) is 30.2 Å². The molecule has 0 aliphatic carbocycles. The van der Waals surface area contributed by atoms with Crippen LogP contribution in [0.1, 0.15) is 29.8 Å². The van der Waals surface area contributed by atoms with Crippen molar-refractivity contribution in [3.8, 4) is 11.5 Å². The van der Waals surface area contributed by atoms with Crippen LogP contribution in [0.3, 0.4) is 0 Å². The number of piperidine rings is 1. The predicted octanol–water partition coefficient (Wildman–Crippen LogP) is 2.21. The zero-order valence-electron chi connectivity index (χ0n) is 12.3. The van der Waals surface area contributed by atoms with E-state index in [2.05, 4.69) is 20.8 Å². The van der Waals surface area contributed by atoms with Crippen molar-refractivity contribution in [1.29, 1.82) is 0 Å². The molecule has 3 N–H and O–H groups in total. The van der Waals surface area contributed by atoms with Gasteiger partial charge in [-0.2, -0.15) is 5.10 Å². The molecule has 120 valence electrons. The van der Waals surface area contributed by atoms with Gasteiger partial charge in [-0.15, -0.1) is 12.4 Å². The van der Waals surface area contributed by atoms with Crippen LogP contribution in [0.15, 0.2) is 28.9 Å². The Morgan fingerprint density at radius 2 is 2.41 bits per heavy atom. The molecule has 1 aliphatic rings. The Bertz CT molecular complexity index is 576. The zero-order chi connectivity index (χ0) is 14.5. The number of amides is 1. The molecule has 1 amide bonds. The van der Waals surface area contributed by atoms with Crippen molar-refractivity contribution >= 4 is 18.3 Å². The maximum Gasteiger partial charge on any atom is 0.271 e. The molecule has 3 heterocycles. The standard InChI is InChI=1S/C15H20N4O2.ClH/c20-15(17-7-5-11-3-1-6-16-10-11)13-9-12(18-19-13)14-4-2-8-21-14;/h2,4,8-9,11,16H,1,3,5-7,10H2,(H,17,20)(H,18,19);1H. The third kappa shape index (κ3) is 4.11. The molecule has 1 saturated heterocycles. The van der Waals surface area contributed by atoms with E-state index in [0.29, 0.717) is 29.6 Å². The van der Waals surface area contributed by atoms with E-state index in [1.165, 1.54) is 12.8 Å². The lowest BCUT2D eigenvalue weighted by molar-refractivity contribution is 0.0945. The lowest BCUT2D eigenvalue weighted by atomic mass is 9.96. The second kappa shape index (κ2) is 8.00. The van der Waals surface area contributed by atoms with Crippen LogP contribution < -0.4 is 10.6 Å². The number of hydrogen-bond donors (Lipinski definition) is 3. The maximum absolute atomic E-state index is 12.0. The molecular formula is C15H21ClN4O2. The second-order valence-corrected chi connectivity index (χ2v) is 5.40. The van der Waals surface area contributed by atoms with Gasteiger partial charge in [0.15, 0.2) is 11.5 Å². The summed E-state index contributed by atoms with van der Waals surface area (Å²) in [7, 11) is 0. The Balaban J connectivity index is 0.00000176. The normalized spacial score (nSPS) is 17.7. The van der Waals surface area contributed by atoms with Gasteiger partial charge in [0, 0.05) is 12.6 Å². The SMILES string of the molecule is Cl.O=C(NCCC1CCCNC1)c1cc(-c2ccco2)[nH]n1. The summed E-state index contributed by atoms with van der Waals surface area (Å²) in [5, 5.41) is 13.2. The lowest BCUT2D eigenvalue weighted by Gasteiger charge is -2.22. The number of halogens is 1. The van der Waals surface area contributed by atoms with Gasteiger partial charge in [0.1, 0.15) is 5.69 Å². The molecule has 7 heteroatoms. The quantitative estimate of drug-likeness (QED) is 0.787. The molecule has 1 aliphatic heterocycles. The number of aromatic amines is 1. The van der Waals surface area contributed by atoms with Gasteiger partial charge in [-0.3, -0.25) is 9.89 Å². The van der Waals surface area contributed by atoms with Crippen LogP contribution in [-0.4, -0.2) is 35.7 Å². The molecule has 0 bridgehead atoms. The van der Waals surface area contributed by atoms with E-state index in [9.17, 15) is 4.79 Å². The molecule has 0 aromatic carbocycles. The Labute approximate surface area is 135 Å². The molecule has 1 fully saturated rings. The van der Waals surface area contributed by atoms with Gasteiger partial charge in [-0.05, 0) is 50.4 Å². The first-order chi connectivity index (χ1) is 10.3. The van der Waals surface area contributed by atoms with Crippen LogP contribution in [0.5, 0.6) is 0 Å². The smallest absolute Gasteiger partial charge is 0.271 e. The van der Waals surface area contributed by atoms with Gasteiger partial charge < -0.3 is 15.1 Å². The highest BCUT2D eigenvalue weighted by molar-refractivity contribution is 5.93. The van der Waals surface area contributed by atoms with E-state index in [1.54, 1.807) is 18.4 Å². The monoisotopic (exact) mass is 324 g/mol. The number of aromatic nitrogens is 2. The van der Waals surface area contributed by atoms with E-state index >= 15 is 0 Å². The average Bonchev–Trinajstić information content (AvgIpc) is 3.19. The predicted molar refractivity (Wildman–Crippen MR) is 86.1 cm³/mol. The van der Waals surface area contributed by atoms with Crippen LogP contribution in [0.2, 0.25) is 0 Å². The highest BCUT2D eigenvalue weighted by Crippen LogP contribution is 2.18. The van der Waals surface area contributed by atoms with Gasteiger partial charge >= 0.3 is 0 Å². The minimum absolute atomic E-state index is 0. The molecule has 22 heavy (non-hydrogen) atoms. The number of H-pyrrole nitrogens is 1.